The van der Waals surface area contributed by atoms with Crippen molar-refractivity contribution in [3.8, 4) is 0 Å². The van der Waals surface area contributed by atoms with Crippen LogP contribution in [0.1, 0.15) is 25.5 Å². The maximum Gasteiger partial charge on any atom is 0.216 e. The number of piperidine rings is 1. The number of carbonyl (C=O) groups is 1. The van der Waals surface area contributed by atoms with Gasteiger partial charge in [0.15, 0.2) is 0 Å². The van der Waals surface area contributed by atoms with Crippen LogP contribution in [0.3, 0.4) is 0 Å². The molecule has 0 bridgehead atoms. The van der Waals surface area contributed by atoms with E-state index in [1.807, 2.05) is 19.2 Å². The molecular formula is C15H23ClN4O. The lowest BCUT2D eigenvalue weighted by molar-refractivity contribution is -0.119. The van der Waals surface area contributed by atoms with Gasteiger partial charge in [-0.15, -0.1) is 0 Å². The molecule has 1 saturated heterocycles. The first kappa shape index (κ1) is 16.0. The van der Waals surface area contributed by atoms with Gasteiger partial charge >= 0.3 is 0 Å². The molecule has 5 nitrogen and oxygen atoms in total. The minimum absolute atomic E-state index is 0.0530. The molecule has 0 unspecified atom stereocenters. The van der Waals surface area contributed by atoms with E-state index < -0.39 is 0 Å². The SMILES string of the molecule is CNc1ccc(Cl)c(CN2CCC(CNC(C)=O)CC2)n1. The van der Waals surface area contributed by atoms with Crippen LogP contribution in [0.4, 0.5) is 5.82 Å². The van der Waals surface area contributed by atoms with E-state index in [1.165, 1.54) is 0 Å². The number of aromatic nitrogens is 1. The average molecular weight is 311 g/mol. The number of rotatable bonds is 5. The van der Waals surface area contributed by atoms with Crippen LogP contribution >= 0.6 is 11.6 Å². The zero-order valence-corrected chi connectivity index (χ0v) is 13.4. The third-order valence-corrected chi connectivity index (χ3v) is 4.24. The highest BCUT2D eigenvalue weighted by molar-refractivity contribution is 6.31. The topological polar surface area (TPSA) is 57.3 Å². The third-order valence-electron chi connectivity index (χ3n) is 3.89. The molecule has 1 fully saturated rings. The predicted molar refractivity (Wildman–Crippen MR) is 85.5 cm³/mol. The molecule has 2 rings (SSSR count). The quantitative estimate of drug-likeness (QED) is 0.875. The number of anilines is 1. The maximum atomic E-state index is 10.9. The molecule has 0 aliphatic carbocycles. The largest absolute Gasteiger partial charge is 0.373 e. The Bertz CT molecular complexity index is 487. The summed E-state index contributed by atoms with van der Waals surface area (Å²) >= 11 is 6.22. The standard InChI is InChI=1S/C15H23ClN4O/c1-11(21)18-9-12-5-7-20(8-6-12)10-14-13(16)3-4-15(17-2)19-14/h3-4,12H,5-10H2,1-2H3,(H,17,19)(H,18,21). The number of carbonyl (C=O) groups excluding carboxylic acids is 1. The molecule has 2 heterocycles. The lowest BCUT2D eigenvalue weighted by atomic mass is 9.96. The summed E-state index contributed by atoms with van der Waals surface area (Å²) in [6.45, 7) is 5.17. The highest BCUT2D eigenvalue weighted by Gasteiger charge is 2.20. The van der Waals surface area contributed by atoms with Gasteiger partial charge in [0.2, 0.25) is 5.91 Å². The first-order valence-electron chi connectivity index (χ1n) is 7.38. The van der Waals surface area contributed by atoms with Gasteiger partial charge in [0.25, 0.3) is 0 Å². The second-order valence-electron chi connectivity index (χ2n) is 5.53. The molecule has 6 heteroatoms. The Balaban J connectivity index is 1.84. The first-order chi connectivity index (χ1) is 10.1. The molecule has 1 aromatic heterocycles. The molecule has 0 spiro atoms. The highest BCUT2D eigenvalue weighted by atomic mass is 35.5. The minimum atomic E-state index is 0.0530. The smallest absolute Gasteiger partial charge is 0.216 e. The predicted octanol–water partition coefficient (Wildman–Crippen LogP) is 2.12. The summed E-state index contributed by atoms with van der Waals surface area (Å²) < 4.78 is 0. The monoisotopic (exact) mass is 310 g/mol. The lowest BCUT2D eigenvalue weighted by Crippen LogP contribution is -2.38. The average Bonchev–Trinajstić information content (AvgIpc) is 2.48. The van der Waals surface area contributed by atoms with Crippen molar-refractivity contribution in [3.63, 3.8) is 0 Å². The van der Waals surface area contributed by atoms with E-state index in [9.17, 15) is 4.79 Å². The van der Waals surface area contributed by atoms with Gasteiger partial charge < -0.3 is 10.6 Å². The van der Waals surface area contributed by atoms with Gasteiger partial charge in [-0.1, -0.05) is 11.6 Å². The minimum Gasteiger partial charge on any atom is -0.373 e. The van der Waals surface area contributed by atoms with Crippen LogP contribution in [0.15, 0.2) is 12.1 Å². The highest BCUT2D eigenvalue weighted by Crippen LogP contribution is 2.22. The second-order valence-corrected chi connectivity index (χ2v) is 5.94. The molecular weight excluding hydrogens is 288 g/mol. The Morgan fingerprint density at radius 2 is 2.14 bits per heavy atom. The molecule has 0 atom stereocenters. The number of nitrogens with zero attached hydrogens (tertiary/aromatic N) is 2. The van der Waals surface area contributed by atoms with Crippen LogP contribution in [0.2, 0.25) is 5.02 Å². The van der Waals surface area contributed by atoms with Gasteiger partial charge in [0.1, 0.15) is 5.82 Å². The Kier molecular flexibility index (Phi) is 5.82. The zero-order valence-electron chi connectivity index (χ0n) is 12.7. The van der Waals surface area contributed by atoms with Gasteiger partial charge in [-0.3, -0.25) is 9.69 Å². The van der Waals surface area contributed by atoms with Crippen LogP contribution in [0.5, 0.6) is 0 Å². The summed E-state index contributed by atoms with van der Waals surface area (Å²) in [5, 5.41) is 6.66. The van der Waals surface area contributed by atoms with Crippen molar-refractivity contribution < 1.29 is 4.79 Å². The zero-order chi connectivity index (χ0) is 15.2. The summed E-state index contributed by atoms with van der Waals surface area (Å²) in [4.78, 5) is 17.8. The Morgan fingerprint density at radius 1 is 1.43 bits per heavy atom. The Morgan fingerprint density at radius 3 is 2.76 bits per heavy atom. The van der Waals surface area contributed by atoms with Gasteiger partial charge in [-0.2, -0.15) is 0 Å². The summed E-state index contributed by atoms with van der Waals surface area (Å²) in [5.41, 5.74) is 0.920. The van der Waals surface area contributed by atoms with Crippen molar-refractivity contribution >= 4 is 23.3 Å². The van der Waals surface area contributed by atoms with Crippen LogP contribution < -0.4 is 10.6 Å². The number of halogens is 1. The molecule has 1 aromatic rings. The second kappa shape index (κ2) is 7.61. The van der Waals surface area contributed by atoms with Crippen molar-refractivity contribution in [2.75, 3.05) is 32.0 Å². The van der Waals surface area contributed by atoms with E-state index in [4.69, 9.17) is 11.6 Å². The van der Waals surface area contributed by atoms with E-state index in [0.717, 1.165) is 55.6 Å². The summed E-state index contributed by atoms with van der Waals surface area (Å²) in [5.74, 6) is 1.48. The van der Waals surface area contributed by atoms with E-state index in [2.05, 4.69) is 20.5 Å². The Labute approximate surface area is 131 Å². The number of hydrogen-bond acceptors (Lipinski definition) is 4. The molecule has 1 amide bonds. The summed E-state index contributed by atoms with van der Waals surface area (Å²) in [7, 11) is 1.85. The van der Waals surface area contributed by atoms with Gasteiger partial charge in [0, 0.05) is 27.1 Å². The molecule has 21 heavy (non-hydrogen) atoms. The van der Waals surface area contributed by atoms with Crippen molar-refractivity contribution in [2.24, 2.45) is 5.92 Å². The van der Waals surface area contributed by atoms with Crippen LogP contribution in [0.25, 0.3) is 0 Å². The number of likely N-dealkylation sites (tertiary alicyclic amines) is 1. The summed E-state index contributed by atoms with van der Waals surface area (Å²) in [6.07, 6.45) is 2.20. The van der Waals surface area contributed by atoms with Gasteiger partial charge in [0.05, 0.1) is 10.7 Å². The summed E-state index contributed by atoms with van der Waals surface area (Å²) in [6, 6.07) is 3.77. The lowest BCUT2D eigenvalue weighted by Gasteiger charge is -2.31. The maximum absolute atomic E-state index is 10.9. The molecule has 1 aliphatic rings. The normalized spacial score (nSPS) is 16.7. The van der Waals surface area contributed by atoms with Crippen LogP contribution in [0, 0.1) is 5.92 Å². The molecule has 116 valence electrons. The molecule has 2 N–H and O–H groups in total. The number of amides is 1. The first-order valence-corrected chi connectivity index (χ1v) is 7.76. The third kappa shape index (κ3) is 4.86. The van der Waals surface area contributed by atoms with Crippen LogP contribution in [-0.4, -0.2) is 42.5 Å². The van der Waals surface area contributed by atoms with Gasteiger partial charge in [-0.25, -0.2) is 4.98 Å². The molecule has 1 aliphatic heterocycles. The fraction of sp³-hybridized carbons (Fsp3) is 0.600. The molecule has 0 radical (unpaired) electrons. The van der Waals surface area contributed by atoms with Crippen LogP contribution in [-0.2, 0) is 11.3 Å². The van der Waals surface area contributed by atoms with E-state index >= 15 is 0 Å². The van der Waals surface area contributed by atoms with E-state index in [1.54, 1.807) is 6.92 Å². The molecule has 0 aromatic carbocycles. The van der Waals surface area contributed by atoms with E-state index in [-0.39, 0.29) is 5.91 Å². The Hall–Kier alpha value is -1.33. The number of nitrogens with one attached hydrogen (secondary N) is 2. The van der Waals surface area contributed by atoms with Crippen molar-refractivity contribution in [3.05, 3.63) is 22.8 Å². The molecule has 0 saturated carbocycles. The van der Waals surface area contributed by atoms with Gasteiger partial charge in [-0.05, 0) is 44.0 Å². The van der Waals surface area contributed by atoms with E-state index in [0.29, 0.717) is 5.92 Å². The van der Waals surface area contributed by atoms with Crippen molar-refractivity contribution in [1.82, 2.24) is 15.2 Å². The fourth-order valence-corrected chi connectivity index (χ4v) is 2.75. The van der Waals surface area contributed by atoms with Crippen molar-refractivity contribution in [2.45, 2.75) is 26.3 Å². The van der Waals surface area contributed by atoms with Crippen molar-refractivity contribution in [1.29, 1.82) is 0 Å². The number of hydrogen-bond donors (Lipinski definition) is 2. The number of pyridine rings is 1. The fourth-order valence-electron chi connectivity index (χ4n) is 2.58.